The van der Waals surface area contributed by atoms with Gasteiger partial charge >= 0.3 is 12.1 Å². The summed E-state index contributed by atoms with van der Waals surface area (Å²) in [4.78, 5) is 36.1. The molecule has 0 heterocycles. The molecule has 2 amide bonds. The Labute approximate surface area is 204 Å². The molecule has 4 rings (SSSR count). The van der Waals surface area contributed by atoms with E-state index in [2.05, 4.69) is 34.9 Å². The fraction of sp³-hybridized carbons (Fsp3) is 0.250. The van der Waals surface area contributed by atoms with Crippen LogP contribution >= 0.6 is 0 Å². The first-order valence-corrected chi connectivity index (χ1v) is 11.7. The number of hydrogen-bond donors (Lipinski definition) is 3. The second kappa shape index (κ2) is 10.9. The molecule has 3 aromatic carbocycles. The second-order valence-corrected chi connectivity index (χ2v) is 8.59. The third-order valence-corrected chi connectivity index (χ3v) is 6.15. The van der Waals surface area contributed by atoms with Gasteiger partial charge in [-0.05, 0) is 52.9 Å². The minimum atomic E-state index is -1.03. The van der Waals surface area contributed by atoms with Crippen LogP contribution in [0.5, 0.6) is 0 Å². The summed E-state index contributed by atoms with van der Waals surface area (Å²) in [5.41, 5.74) is 5.24. The van der Waals surface area contributed by atoms with Crippen LogP contribution in [0, 0.1) is 0 Å². The van der Waals surface area contributed by atoms with Gasteiger partial charge in [0, 0.05) is 24.1 Å². The number of alkyl carbamates (subject to hydrolysis) is 1. The first kappa shape index (κ1) is 24.0. The van der Waals surface area contributed by atoms with Gasteiger partial charge in [-0.2, -0.15) is 0 Å². The van der Waals surface area contributed by atoms with Gasteiger partial charge in [-0.25, -0.2) is 9.59 Å². The number of hydrogen-bond acceptors (Lipinski definition) is 4. The summed E-state index contributed by atoms with van der Waals surface area (Å²) in [6.45, 7) is 2.19. The number of ether oxygens (including phenoxy) is 1. The maximum Gasteiger partial charge on any atom is 0.407 e. The Morgan fingerprint density at radius 2 is 1.51 bits per heavy atom. The van der Waals surface area contributed by atoms with Crippen molar-refractivity contribution in [2.75, 3.05) is 11.9 Å². The third kappa shape index (κ3) is 5.69. The minimum Gasteiger partial charge on any atom is -0.478 e. The second-order valence-electron chi connectivity index (χ2n) is 8.59. The Balaban J connectivity index is 1.33. The molecular formula is C28H28N2O5. The van der Waals surface area contributed by atoms with Gasteiger partial charge in [-0.15, -0.1) is 0 Å². The van der Waals surface area contributed by atoms with Crippen molar-refractivity contribution in [2.45, 2.75) is 38.1 Å². The smallest absolute Gasteiger partial charge is 0.407 e. The summed E-state index contributed by atoms with van der Waals surface area (Å²) < 4.78 is 5.61. The van der Waals surface area contributed by atoms with Crippen molar-refractivity contribution in [3.63, 3.8) is 0 Å². The number of amides is 2. The fourth-order valence-electron chi connectivity index (χ4n) is 4.51. The summed E-state index contributed by atoms with van der Waals surface area (Å²) in [5, 5.41) is 14.6. The molecule has 0 aliphatic heterocycles. The first-order valence-electron chi connectivity index (χ1n) is 11.7. The summed E-state index contributed by atoms with van der Waals surface area (Å²) in [6.07, 6.45) is 0.937. The van der Waals surface area contributed by atoms with Crippen molar-refractivity contribution in [2.24, 2.45) is 0 Å². The molecule has 0 fully saturated rings. The minimum absolute atomic E-state index is 0.0325. The van der Waals surface area contributed by atoms with E-state index in [0.717, 1.165) is 28.7 Å². The molecule has 7 nitrogen and oxygen atoms in total. The van der Waals surface area contributed by atoms with Crippen LogP contribution in [0.25, 0.3) is 11.1 Å². The first-order chi connectivity index (χ1) is 17.0. The Morgan fingerprint density at radius 3 is 2.09 bits per heavy atom. The average molecular weight is 473 g/mol. The average Bonchev–Trinajstić information content (AvgIpc) is 3.17. The zero-order valence-electron chi connectivity index (χ0n) is 19.5. The summed E-state index contributed by atoms with van der Waals surface area (Å²) in [5.74, 6) is -1.33. The van der Waals surface area contributed by atoms with Crippen LogP contribution in [-0.2, 0) is 9.53 Å². The largest absolute Gasteiger partial charge is 0.478 e. The maximum absolute atomic E-state index is 12.6. The summed E-state index contributed by atoms with van der Waals surface area (Å²) >= 11 is 0. The zero-order chi connectivity index (χ0) is 24.8. The molecule has 0 spiro atoms. The number of carboxylic acid groups (broad SMARTS) is 1. The van der Waals surface area contributed by atoms with Crippen LogP contribution in [-0.4, -0.2) is 35.7 Å². The van der Waals surface area contributed by atoms with Gasteiger partial charge in [0.1, 0.15) is 6.61 Å². The van der Waals surface area contributed by atoms with E-state index in [1.807, 2.05) is 31.2 Å². The van der Waals surface area contributed by atoms with Gasteiger partial charge in [0.2, 0.25) is 5.91 Å². The van der Waals surface area contributed by atoms with Gasteiger partial charge in [0.25, 0.3) is 0 Å². The lowest BCUT2D eigenvalue weighted by Crippen LogP contribution is -2.38. The Kier molecular flexibility index (Phi) is 7.45. The highest BCUT2D eigenvalue weighted by Gasteiger charge is 2.29. The SMILES string of the molecule is CCC[C@@H](CC(=O)Nc1ccc(C(=O)O)cc1)NC(=O)OCC1c2ccccc2-c2ccccc21. The predicted octanol–water partition coefficient (Wildman–Crippen LogP) is 5.42. The lowest BCUT2D eigenvalue weighted by Gasteiger charge is -2.19. The molecule has 0 aromatic heterocycles. The quantitative estimate of drug-likeness (QED) is 0.386. The highest BCUT2D eigenvalue weighted by molar-refractivity contribution is 5.93. The molecule has 3 aromatic rings. The molecule has 0 saturated heterocycles. The number of benzene rings is 3. The lowest BCUT2D eigenvalue weighted by atomic mass is 9.98. The highest BCUT2D eigenvalue weighted by atomic mass is 16.5. The van der Waals surface area contributed by atoms with Gasteiger partial charge in [-0.1, -0.05) is 61.9 Å². The molecule has 3 N–H and O–H groups in total. The van der Waals surface area contributed by atoms with Gasteiger partial charge in [0.05, 0.1) is 5.56 Å². The zero-order valence-corrected chi connectivity index (χ0v) is 19.5. The summed E-state index contributed by atoms with van der Waals surface area (Å²) in [6, 6.07) is 21.8. The van der Waals surface area contributed by atoms with Gasteiger partial charge < -0.3 is 20.5 Å². The van der Waals surface area contributed by atoms with E-state index in [4.69, 9.17) is 9.84 Å². The molecule has 7 heteroatoms. The topological polar surface area (TPSA) is 105 Å². The number of carboxylic acids is 1. The molecule has 0 radical (unpaired) electrons. The third-order valence-electron chi connectivity index (χ3n) is 6.15. The van der Waals surface area contributed by atoms with Gasteiger partial charge in [-0.3, -0.25) is 4.79 Å². The van der Waals surface area contributed by atoms with Crippen LogP contribution in [0.2, 0.25) is 0 Å². The summed E-state index contributed by atoms with van der Waals surface area (Å²) in [7, 11) is 0. The molecule has 35 heavy (non-hydrogen) atoms. The van der Waals surface area contributed by atoms with Crippen molar-refractivity contribution < 1.29 is 24.2 Å². The van der Waals surface area contributed by atoms with Crippen molar-refractivity contribution >= 4 is 23.7 Å². The molecular weight excluding hydrogens is 444 g/mol. The number of fused-ring (bicyclic) bond motifs is 3. The van der Waals surface area contributed by atoms with Crippen LogP contribution < -0.4 is 10.6 Å². The Morgan fingerprint density at radius 1 is 0.914 bits per heavy atom. The predicted molar refractivity (Wildman–Crippen MR) is 134 cm³/mol. The van der Waals surface area contributed by atoms with E-state index >= 15 is 0 Å². The molecule has 0 saturated carbocycles. The number of aromatic carboxylic acids is 1. The van der Waals surface area contributed by atoms with Crippen molar-refractivity contribution in [3.8, 4) is 11.1 Å². The van der Waals surface area contributed by atoms with Crippen LogP contribution in [0.3, 0.4) is 0 Å². The van der Waals surface area contributed by atoms with Crippen molar-refractivity contribution in [1.29, 1.82) is 0 Å². The number of rotatable bonds is 9. The highest BCUT2D eigenvalue weighted by Crippen LogP contribution is 2.44. The van der Waals surface area contributed by atoms with Gasteiger partial charge in [0.15, 0.2) is 0 Å². The monoisotopic (exact) mass is 472 g/mol. The number of carbonyl (C=O) groups excluding carboxylic acids is 2. The molecule has 0 unspecified atom stereocenters. The fourth-order valence-corrected chi connectivity index (χ4v) is 4.51. The van der Waals surface area contributed by atoms with E-state index < -0.39 is 12.1 Å². The molecule has 1 atom stereocenters. The molecule has 1 aliphatic carbocycles. The normalized spacial score (nSPS) is 12.8. The van der Waals surface area contributed by atoms with E-state index in [1.54, 1.807) is 0 Å². The molecule has 180 valence electrons. The molecule has 0 bridgehead atoms. The van der Waals surface area contributed by atoms with Crippen molar-refractivity contribution in [3.05, 3.63) is 89.5 Å². The molecule has 1 aliphatic rings. The van der Waals surface area contributed by atoms with E-state index in [1.165, 1.54) is 24.3 Å². The Bertz CT molecular complexity index is 1180. The maximum atomic E-state index is 12.6. The number of carbonyl (C=O) groups is 3. The van der Waals surface area contributed by atoms with E-state index in [0.29, 0.717) is 12.1 Å². The lowest BCUT2D eigenvalue weighted by molar-refractivity contribution is -0.116. The van der Waals surface area contributed by atoms with Crippen LogP contribution in [0.15, 0.2) is 72.8 Å². The van der Waals surface area contributed by atoms with E-state index in [-0.39, 0.29) is 36.5 Å². The van der Waals surface area contributed by atoms with Crippen molar-refractivity contribution in [1.82, 2.24) is 5.32 Å². The number of anilines is 1. The van der Waals surface area contributed by atoms with Crippen LogP contribution in [0.1, 0.15) is 53.6 Å². The number of nitrogens with one attached hydrogen (secondary N) is 2. The van der Waals surface area contributed by atoms with Crippen LogP contribution in [0.4, 0.5) is 10.5 Å². The Hall–Kier alpha value is -4.13. The van der Waals surface area contributed by atoms with E-state index in [9.17, 15) is 14.4 Å². The standard InChI is InChI=1S/C28H28N2O5/c1-2-7-20(16-26(31)29-19-14-12-18(13-15-19)27(32)33)30-28(34)35-17-25-23-10-5-3-8-21(23)22-9-4-6-11-24(22)25/h3-6,8-15,20,25H,2,7,16-17H2,1H3,(H,29,31)(H,30,34)(H,32,33)/t20-/m0/s1.